The van der Waals surface area contributed by atoms with Crippen molar-refractivity contribution in [2.45, 2.75) is 77.0 Å². The number of hydrazone groups is 2. The van der Waals surface area contributed by atoms with E-state index in [1.54, 1.807) is 0 Å². The minimum absolute atomic E-state index is 0. The molecule has 16 nitrogen and oxygen atoms in total. The number of nitrogens with one attached hydrogen (secondary N) is 10. The van der Waals surface area contributed by atoms with Crippen LogP contribution in [0.3, 0.4) is 0 Å². The number of rotatable bonds is 2. The number of hydrogen-bond donors (Lipinski definition) is 12. The third kappa shape index (κ3) is 20.0. The van der Waals surface area contributed by atoms with E-state index in [1.807, 2.05) is 0 Å². The van der Waals surface area contributed by atoms with Gasteiger partial charge in [-0.1, -0.05) is 38.5 Å². The van der Waals surface area contributed by atoms with Gasteiger partial charge in [0.1, 0.15) is 11.4 Å². The quantitative estimate of drug-likeness (QED) is 0.182. The summed E-state index contributed by atoms with van der Waals surface area (Å²) in [6.07, 6.45) is 11.4. The normalized spacial score (nSPS) is 23.2. The minimum atomic E-state index is -0.988. The van der Waals surface area contributed by atoms with E-state index >= 15 is 0 Å². The van der Waals surface area contributed by atoms with Crippen LogP contribution in [0.1, 0.15) is 77.0 Å². The molecule has 35 heavy (non-hydrogen) atoms. The second kappa shape index (κ2) is 23.8. The van der Waals surface area contributed by atoms with Crippen molar-refractivity contribution in [2.24, 2.45) is 10.2 Å². The Morgan fingerprint density at radius 2 is 0.914 bits per heavy atom. The Morgan fingerprint density at radius 3 is 1.31 bits per heavy atom. The first-order valence-corrected chi connectivity index (χ1v) is 11.7. The number of carboxylic acids is 2. The molecule has 0 spiro atoms. The Kier molecular flexibility index (Phi) is 22.5. The third-order valence-electron chi connectivity index (χ3n) is 4.84. The molecule has 17 heteroatoms. The predicted octanol–water partition coefficient (Wildman–Crippen LogP) is -1.22. The molecule has 2 aliphatic heterocycles. The first kappa shape index (κ1) is 33.1. The van der Waals surface area contributed by atoms with Gasteiger partial charge in [-0.2, -0.15) is 32.3 Å². The summed E-state index contributed by atoms with van der Waals surface area (Å²) in [5.41, 5.74) is 26.5. The van der Waals surface area contributed by atoms with E-state index in [1.165, 1.54) is 0 Å². The van der Waals surface area contributed by atoms with E-state index < -0.39 is 11.9 Å². The van der Waals surface area contributed by atoms with Gasteiger partial charge in [-0.3, -0.25) is 0 Å². The van der Waals surface area contributed by atoms with Gasteiger partial charge in [0.05, 0.1) is 0 Å². The Labute approximate surface area is 215 Å². The van der Waals surface area contributed by atoms with Crippen LogP contribution in [0, 0.1) is 0 Å². The summed E-state index contributed by atoms with van der Waals surface area (Å²) in [5.74, 6) is -1.98. The second-order valence-corrected chi connectivity index (χ2v) is 7.59. The largest absolute Gasteiger partial charge is 0.477 e. The smallest absolute Gasteiger partial charge is 0.352 e. The van der Waals surface area contributed by atoms with Crippen molar-refractivity contribution >= 4 is 23.4 Å². The van der Waals surface area contributed by atoms with Crippen molar-refractivity contribution in [3.63, 3.8) is 0 Å². The summed E-state index contributed by atoms with van der Waals surface area (Å²) < 4.78 is 0. The maximum atomic E-state index is 10.8. The maximum absolute atomic E-state index is 10.8. The van der Waals surface area contributed by atoms with Crippen molar-refractivity contribution in [3.8, 4) is 0 Å². The standard InChI is InChI=1S/2C9H20N6O2.Ni/c2*16-9(17)8-6-4-2-1-3-5-7-10-12-14-15-13-11-8;/h2*10,12-15H,1-7H2,(H,16,17);/b2*11-8+;. The fourth-order valence-corrected chi connectivity index (χ4v) is 3.02. The summed E-state index contributed by atoms with van der Waals surface area (Å²) in [6, 6.07) is 0. The molecule has 2 aliphatic rings. The molecular weight excluding hydrogens is 507 g/mol. The van der Waals surface area contributed by atoms with Gasteiger partial charge in [0, 0.05) is 29.6 Å². The van der Waals surface area contributed by atoms with Crippen LogP contribution in [0.25, 0.3) is 0 Å². The monoisotopic (exact) mass is 546 g/mol. The molecule has 0 bridgehead atoms. The Balaban J connectivity index is 0.000000642. The predicted molar refractivity (Wildman–Crippen MR) is 127 cm³/mol. The van der Waals surface area contributed by atoms with Gasteiger partial charge in [0.15, 0.2) is 0 Å². The van der Waals surface area contributed by atoms with Crippen molar-refractivity contribution in [1.29, 1.82) is 0 Å². The zero-order chi connectivity index (χ0) is 24.7. The molecule has 0 saturated carbocycles. The summed E-state index contributed by atoms with van der Waals surface area (Å²) in [6.45, 7) is 1.75. The summed E-state index contributed by atoms with van der Waals surface area (Å²) in [7, 11) is 0. The summed E-state index contributed by atoms with van der Waals surface area (Å²) in [5, 5.41) is 25.3. The average Bonchev–Trinajstić information content (AvgIpc) is 2.82. The van der Waals surface area contributed by atoms with Crippen LogP contribution in [0.5, 0.6) is 0 Å². The SMILES string of the molecule is O=C(O)/C1=N/NNNNNCCCCCCC1.O=C(O)/C1=N/NNNNNCCCCCCC1.[Ni]. The van der Waals surface area contributed by atoms with E-state index in [-0.39, 0.29) is 27.9 Å². The van der Waals surface area contributed by atoms with Gasteiger partial charge < -0.3 is 10.2 Å². The number of carboxylic acid groups (broad SMARTS) is 2. The number of hydrazine groups is 8. The van der Waals surface area contributed by atoms with Gasteiger partial charge in [0.2, 0.25) is 0 Å². The Hall–Kier alpha value is -1.95. The number of carbonyl (C=O) groups is 2. The van der Waals surface area contributed by atoms with Crippen LogP contribution in [0.2, 0.25) is 0 Å². The van der Waals surface area contributed by atoms with Crippen LogP contribution in [0.15, 0.2) is 10.2 Å². The third-order valence-corrected chi connectivity index (χ3v) is 4.84. The first-order valence-electron chi connectivity index (χ1n) is 11.7. The van der Waals surface area contributed by atoms with Gasteiger partial charge in [-0.15, -0.1) is 11.1 Å². The van der Waals surface area contributed by atoms with Gasteiger partial charge in [0.25, 0.3) is 0 Å². The molecule has 0 atom stereocenters. The summed E-state index contributed by atoms with van der Waals surface area (Å²) >= 11 is 0. The van der Waals surface area contributed by atoms with E-state index in [2.05, 4.69) is 65.3 Å². The molecule has 0 aromatic rings. The van der Waals surface area contributed by atoms with Crippen LogP contribution in [0.4, 0.5) is 0 Å². The molecule has 206 valence electrons. The van der Waals surface area contributed by atoms with Crippen LogP contribution in [-0.4, -0.2) is 46.7 Å². The fraction of sp³-hybridized carbons (Fsp3) is 0.778. The minimum Gasteiger partial charge on any atom is -0.477 e. The molecule has 0 aromatic heterocycles. The average molecular weight is 547 g/mol. The molecule has 0 aromatic carbocycles. The van der Waals surface area contributed by atoms with E-state index in [0.717, 1.165) is 77.3 Å². The van der Waals surface area contributed by atoms with Gasteiger partial charge in [-0.25, -0.2) is 31.5 Å². The van der Waals surface area contributed by atoms with Crippen molar-refractivity contribution in [1.82, 2.24) is 55.1 Å². The summed E-state index contributed by atoms with van der Waals surface area (Å²) in [4.78, 5) is 21.7. The molecule has 2 rings (SSSR count). The van der Waals surface area contributed by atoms with Crippen molar-refractivity contribution in [2.75, 3.05) is 13.1 Å². The molecule has 0 amide bonds. The zero-order valence-electron chi connectivity index (χ0n) is 19.8. The van der Waals surface area contributed by atoms with Crippen LogP contribution < -0.4 is 55.1 Å². The van der Waals surface area contributed by atoms with E-state index in [9.17, 15) is 9.59 Å². The first-order chi connectivity index (χ1) is 16.6. The fourth-order valence-electron chi connectivity index (χ4n) is 3.02. The topological polar surface area (TPSA) is 220 Å². The number of hydrogen-bond acceptors (Lipinski definition) is 14. The van der Waals surface area contributed by atoms with Crippen LogP contribution >= 0.6 is 0 Å². The molecule has 0 fully saturated rings. The van der Waals surface area contributed by atoms with E-state index in [4.69, 9.17) is 10.2 Å². The molecule has 0 unspecified atom stereocenters. The number of aliphatic carboxylic acids is 2. The Morgan fingerprint density at radius 1 is 0.543 bits per heavy atom. The van der Waals surface area contributed by atoms with Gasteiger partial charge >= 0.3 is 11.9 Å². The molecular formula is C18H40N12NiO4. The molecule has 0 radical (unpaired) electrons. The molecule has 0 saturated heterocycles. The number of nitrogens with zero attached hydrogens (tertiary/aromatic N) is 2. The Bertz CT molecular complexity index is 574. The van der Waals surface area contributed by atoms with Crippen molar-refractivity contribution in [3.05, 3.63) is 0 Å². The zero-order valence-corrected chi connectivity index (χ0v) is 20.8. The second-order valence-electron chi connectivity index (χ2n) is 7.59. The van der Waals surface area contributed by atoms with E-state index in [0.29, 0.717) is 12.8 Å². The van der Waals surface area contributed by atoms with Crippen LogP contribution in [-0.2, 0) is 26.1 Å². The maximum Gasteiger partial charge on any atom is 0.352 e. The van der Waals surface area contributed by atoms with Crippen molar-refractivity contribution < 1.29 is 36.3 Å². The molecule has 0 aliphatic carbocycles. The molecule has 2 heterocycles. The van der Waals surface area contributed by atoms with Gasteiger partial charge in [-0.05, 0) is 38.5 Å². The molecule has 12 N–H and O–H groups in total.